The highest BCUT2D eigenvalue weighted by atomic mass is 16.3. The predicted octanol–water partition coefficient (Wildman–Crippen LogP) is 1.75. The van der Waals surface area contributed by atoms with Gasteiger partial charge in [-0.25, -0.2) is 9.78 Å². The number of aryl methyl sites for hydroxylation is 1. The van der Waals surface area contributed by atoms with Crippen molar-refractivity contribution in [1.29, 1.82) is 0 Å². The summed E-state index contributed by atoms with van der Waals surface area (Å²) in [4.78, 5) is 18.5. The monoisotopic (exact) mass is 343 g/mol. The Morgan fingerprint density at radius 3 is 3.08 bits per heavy atom. The molecule has 1 aromatic heterocycles. The Balaban J connectivity index is 1.71. The number of nitrogens with zero attached hydrogens (tertiary/aromatic N) is 4. The number of urea groups is 1. The van der Waals surface area contributed by atoms with Crippen molar-refractivity contribution < 1.29 is 9.90 Å². The average Bonchev–Trinajstić information content (AvgIpc) is 3.12. The van der Waals surface area contributed by atoms with Gasteiger partial charge >= 0.3 is 6.03 Å². The lowest BCUT2D eigenvalue weighted by Crippen LogP contribution is -2.48. The van der Waals surface area contributed by atoms with Crippen molar-refractivity contribution in [2.45, 2.75) is 44.8 Å². The molecule has 3 rings (SSSR count). The van der Waals surface area contributed by atoms with E-state index in [0.29, 0.717) is 13.1 Å². The summed E-state index contributed by atoms with van der Waals surface area (Å²) in [6, 6.07) is 8.05. The van der Waals surface area contributed by atoms with Crippen molar-refractivity contribution in [2.24, 2.45) is 0 Å². The summed E-state index contributed by atoms with van der Waals surface area (Å²) in [5, 5.41) is 16.5. The Bertz CT molecular complexity index is 689. The van der Waals surface area contributed by atoms with Crippen molar-refractivity contribution in [3.05, 3.63) is 48.0 Å². The molecule has 134 valence electrons. The first kappa shape index (κ1) is 17.4. The maximum atomic E-state index is 12.8. The van der Waals surface area contributed by atoms with Gasteiger partial charge in [0.15, 0.2) is 0 Å². The summed E-state index contributed by atoms with van der Waals surface area (Å²) in [6.45, 7) is 2.76. The number of aromatic nitrogens is 3. The highest BCUT2D eigenvalue weighted by molar-refractivity contribution is 5.75. The van der Waals surface area contributed by atoms with Crippen molar-refractivity contribution in [1.82, 2.24) is 25.0 Å². The maximum absolute atomic E-state index is 12.8. The van der Waals surface area contributed by atoms with Crippen LogP contribution in [-0.2, 0) is 13.0 Å². The second-order valence-electron chi connectivity index (χ2n) is 6.49. The quantitative estimate of drug-likeness (QED) is 0.837. The molecule has 1 aromatic carbocycles. The first-order valence-electron chi connectivity index (χ1n) is 8.77. The topological polar surface area (TPSA) is 83.3 Å². The zero-order valence-electron chi connectivity index (χ0n) is 14.5. The number of aliphatic hydroxyl groups is 1. The molecule has 1 heterocycles. The molecule has 0 saturated heterocycles. The van der Waals surface area contributed by atoms with Crippen LogP contribution < -0.4 is 5.32 Å². The van der Waals surface area contributed by atoms with Gasteiger partial charge in [0.1, 0.15) is 12.7 Å². The van der Waals surface area contributed by atoms with Gasteiger partial charge in [-0.2, -0.15) is 5.10 Å². The highest BCUT2D eigenvalue weighted by Crippen LogP contribution is 2.34. The third-order valence-corrected chi connectivity index (χ3v) is 4.61. The first-order valence-corrected chi connectivity index (χ1v) is 8.77. The van der Waals surface area contributed by atoms with Crippen LogP contribution >= 0.6 is 0 Å². The summed E-state index contributed by atoms with van der Waals surface area (Å²) in [7, 11) is 0. The van der Waals surface area contributed by atoms with Gasteiger partial charge in [0.2, 0.25) is 0 Å². The predicted molar refractivity (Wildman–Crippen MR) is 93.9 cm³/mol. The first-order chi connectivity index (χ1) is 12.2. The van der Waals surface area contributed by atoms with Gasteiger partial charge in [0.05, 0.1) is 19.2 Å². The fraction of sp³-hybridized carbons (Fsp3) is 0.500. The number of aliphatic hydroxyl groups excluding tert-OH is 1. The van der Waals surface area contributed by atoms with Crippen molar-refractivity contribution in [3.8, 4) is 0 Å². The fourth-order valence-electron chi connectivity index (χ4n) is 3.51. The molecule has 1 aliphatic carbocycles. The van der Waals surface area contributed by atoms with Crippen LogP contribution in [0.3, 0.4) is 0 Å². The molecule has 0 bridgehead atoms. The molecule has 0 unspecified atom stereocenters. The molecule has 7 heteroatoms. The number of nitrogens with one attached hydrogen (secondary N) is 1. The normalized spacial score (nSPS) is 17.6. The standard InChI is InChI=1S/C18H25N5O2/c1-14(11-22-13-19-12-20-22)21-18(25)23(9-10-24)17-8-4-6-15-5-2-3-7-16(15)17/h2-3,5,7,12-14,17,24H,4,6,8-11H2,1H3,(H,21,25)/t14-,17-/m0/s1. The highest BCUT2D eigenvalue weighted by Gasteiger charge is 2.29. The minimum atomic E-state index is -0.150. The molecular formula is C18H25N5O2. The number of benzene rings is 1. The van der Waals surface area contributed by atoms with Gasteiger partial charge in [-0.3, -0.25) is 4.68 Å². The van der Waals surface area contributed by atoms with Crippen LogP contribution in [0.2, 0.25) is 0 Å². The van der Waals surface area contributed by atoms with Gasteiger partial charge in [-0.1, -0.05) is 24.3 Å². The summed E-state index contributed by atoms with van der Waals surface area (Å²) < 4.78 is 1.69. The third kappa shape index (κ3) is 4.17. The van der Waals surface area contributed by atoms with Crippen molar-refractivity contribution >= 4 is 6.03 Å². The van der Waals surface area contributed by atoms with E-state index < -0.39 is 0 Å². The number of carbonyl (C=O) groups excluding carboxylic acids is 1. The number of hydrogen-bond acceptors (Lipinski definition) is 4. The lowest BCUT2D eigenvalue weighted by Gasteiger charge is -2.36. The Hall–Kier alpha value is -2.41. The summed E-state index contributed by atoms with van der Waals surface area (Å²) >= 11 is 0. The Labute approximate surface area is 147 Å². The molecule has 1 aliphatic rings. The van der Waals surface area contributed by atoms with E-state index in [4.69, 9.17) is 0 Å². The lowest BCUT2D eigenvalue weighted by atomic mass is 9.87. The molecule has 25 heavy (non-hydrogen) atoms. The molecule has 7 nitrogen and oxygen atoms in total. The van der Waals surface area contributed by atoms with Crippen LogP contribution in [-0.4, -0.2) is 50.0 Å². The van der Waals surface area contributed by atoms with Gasteiger partial charge in [-0.15, -0.1) is 0 Å². The Morgan fingerprint density at radius 1 is 1.48 bits per heavy atom. The second-order valence-corrected chi connectivity index (χ2v) is 6.49. The van der Waals surface area contributed by atoms with Crippen LogP contribution in [0.1, 0.15) is 36.9 Å². The van der Waals surface area contributed by atoms with E-state index in [1.807, 2.05) is 19.1 Å². The number of carbonyl (C=O) groups is 1. The zero-order valence-corrected chi connectivity index (χ0v) is 14.5. The number of hydrogen-bond donors (Lipinski definition) is 2. The SMILES string of the molecule is C[C@@H](Cn1cncn1)NC(=O)N(CCO)[C@H]1CCCc2ccccc21. The van der Waals surface area contributed by atoms with E-state index in [0.717, 1.165) is 19.3 Å². The fourth-order valence-corrected chi connectivity index (χ4v) is 3.51. The largest absolute Gasteiger partial charge is 0.395 e. The Morgan fingerprint density at radius 2 is 2.32 bits per heavy atom. The van der Waals surface area contributed by atoms with E-state index in [-0.39, 0.29) is 24.7 Å². The summed E-state index contributed by atoms with van der Waals surface area (Å²) in [5.74, 6) is 0. The zero-order chi connectivity index (χ0) is 17.6. The van der Waals surface area contributed by atoms with E-state index >= 15 is 0 Å². The van der Waals surface area contributed by atoms with Crippen LogP contribution in [0.5, 0.6) is 0 Å². The molecule has 0 saturated carbocycles. The number of fused-ring (bicyclic) bond motifs is 1. The maximum Gasteiger partial charge on any atom is 0.318 e. The van der Waals surface area contributed by atoms with Gasteiger partial charge in [0.25, 0.3) is 0 Å². The van der Waals surface area contributed by atoms with E-state index in [9.17, 15) is 9.90 Å². The summed E-state index contributed by atoms with van der Waals surface area (Å²) in [5.41, 5.74) is 2.49. The molecule has 0 spiro atoms. The van der Waals surface area contributed by atoms with Crippen molar-refractivity contribution in [2.75, 3.05) is 13.2 Å². The molecule has 2 amide bonds. The molecule has 2 atom stereocenters. The molecule has 0 radical (unpaired) electrons. The number of rotatable bonds is 6. The molecule has 2 aromatic rings. The average molecular weight is 343 g/mol. The second kappa shape index (κ2) is 8.11. The van der Waals surface area contributed by atoms with E-state index in [1.165, 1.54) is 17.5 Å². The van der Waals surface area contributed by atoms with Crippen LogP contribution in [0.25, 0.3) is 0 Å². The Kier molecular flexibility index (Phi) is 5.65. The van der Waals surface area contributed by atoms with E-state index in [1.54, 1.807) is 15.9 Å². The minimum absolute atomic E-state index is 0.00988. The number of amides is 2. The smallest absolute Gasteiger partial charge is 0.318 e. The van der Waals surface area contributed by atoms with Crippen LogP contribution in [0.15, 0.2) is 36.9 Å². The van der Waals surface area contributed by atoms with Gasteiger partial charge in [0, 0.05) is 12.6 Å². The molecule has 0 fully saturated rings. The van der Waals surface area contributed by atoms with Gasteiger partial charge in [-0.05, 0) is 37.3 Å². The molecule has 0 aliphatic heterocycles. The summed E-state index contributed by atoms with van der Waals surface area (Å²) in [6.07, 6.45) is 6.12. The molecular weight excluding hydrogens is 318 g/mol. The van der Waals surface area contributed by atoms with Gasteiger partial charge < -0.3 is 15.3 Å². The third-order valence-electron chi connectivity index (χ3n) is 4.61. The molecule has 2 N–H and O–H groups in total. The lowest BCUT2D eigenvalue weighted by molar-refractivity contribution is 0.141. The van der Waals surface area contributed by atoms with Crippen LogP contribution in [0.4, 0.5) is 4.79 Å². The minimum Gasteiger partial charge on any atom is -0.395 e. The van der Waals surface area contributed by atoms with Crippen molar-refractivity contribution in [3.63, 3.8) is 0 Å². The van der Waals surface area contributed by atoms with Crippen LogP contribution in [0, 0.1) is 0 Å². The van der Waals surface area contributed by atoms with E-state index in [2.05, 4.69) is 27.5 Å².